The summed E-state index contributed by atoms with van der Waals surface area (Å²) in [4.78, 5) is 4.51. The van der Waals surface area contributed by atoms with Crippen LogP contribution in [-0.4, -0.2) is 23.3 Å². The lowest BCUT2D eigenvalue weighted by atomic mass is 10.1. The summed E-state index contributed by atoms with van der Waals surface area (Å²) in [6.45, 7) is 1.79. The molecule has 1 aromatic heterocycles. The van der Waals surface area contributed by atoms with Gasteiger partial charge in [-0.2, -0.15) is 4.98 Å². The van der Waals surface area contributed by atoms with Gasteiger partial charge in [-0.05, 0) is 43.1 Å². The molecule has 5 nitrogen and oxygen atoms in total. The quantitative estimate of drug-likeness (QED) is 0.922. The van der Waals surface area contributed by atoms with E-state index in [1.165, 1.54) is 12.0 Å². The maximum atomic E-state index is 5.50. The van der Waals surface area contributed by atoms with E-state index in [1.807, 2.05) is 12.1 Å². The van der Waals surface area contributed by atoms with Gasteiger partial charge < -0.3 is 14.6 Å². The summed E-state index contributed by atoms with van der Waals surface area (Å²) in [5.74, 6) is 2.34. The third-order valence-corrected chi connectivity index (χ3v) is 3.75. The van der Waals surface area contributed by atoms with E-state index in [2.05, 4.69) is 21.5 Å². The van der Waals surface area contributed by atoms with E-state index in [0.29, 0.717) is 11.7 Å². The van der Waals surface area contributed by atoms with Crippen LogP contribution in [0.5, 0.6) is 5.75 Å². The summed E-state index contributed by atoms with van der Waals surface area (Å²) < 4.78 is 10.9. The predicted octanol–water partition coefficient (Wildman–Crippen LogP) is 2.52. The SMILES string of the molecule is Cl.c1cc2c(cc1-c1noc(C3CCCN3)n1)CCO2. The van der Waals surface area contributed by atoms with Crippen LogP contribution in [0, 0.1) is 0 Å². The smallest absolute Gasteiger partial charge is 0.244 e. The fourth-order valence-electron chi connectivity index (χ4n) is 2.71. The number of hydrogen-bond acceptors (Lipinski definition) is 5. The Labute approximate surface area is 123 Å². The van der Waals surface area contributed by atoms with Gasteiger partial charge in [0.25, 0.3) is 0 Å². The lowest BCUT2D eigenvalue weighted by Crippen LogP contribution is -2.12. The van der Waals surface area contributed by atoms with Crippen molar-refractivity contribution in [2.45, 2.75) is 25.3 Å². The lowest BCUT2D eigenvalue weighted by molar-refractivity contribution is 0.345. The number of nitrogens with zero attached hydrogens (tertiary/aromatic N) is 2. The van der Waals surface area contributed by atoms with Gasteiger partial charge in [0, 0.05) is 12.0 Å². The molecule has 1 saturated heterocycles. The lowest BCUT2D eigenvalue weighted by Gasteiger charge is -2.02. The minimum atomic E-state index is 0. The molecule has 1 N–H and O–H groups in total. The molecule has 2 aromatic rings. The normalized spacial score (nSPS) is 20.3. The molecule has 20 heavy (non-hydrogen) atoms. The molecule has 0 saturated carbocycles. The van der Waals surface area contributed by atoms with Gasteiger partial charge in [-0.15, -0.1) is 12.4 Å². The second kappa shape index (κ2) is 5.42. The molecular weight excluding hydrogens is 278 g/mol. The topological polar surface area (TPSA) is 60.2 Å². The zero-order chi connectivity index (χ0) is 12.7. The Morgan fingerprint density at radius 3 is 3.10 bits per heavy atom. The zero-order valence-electron chi connectivity index (χ0n) is 11.0. The fraction of sp³-hybridized carbons (Fsp3) is 0.429. The van der Waals surface area contributed by atoms with Gasteiger partial charge in [0.15, 0.2) is 0 Å². The molecule has 1 fully saturated rings. The van der Waals surface area contributed by atoms with Crippen molar-refractivity contribution in [3.05, 3.63) is 29.7 Å². The molecule has 0 amide bonds. The number of benzene rings is 1. The van der Waals surface area contributed by atoms with E-state index >= 15 is 0 Å². The molecule has 1 atom stereocenters. The predicted molar refractivity (Wildman–Crippen MR) is 76.2 cm³/mol. The Kier molecular flexibility index (Phi) is 3.63. The maximum absolute atomic E-state index is 5.50. The highest BCUT2D eigenvalue weighted by Gasteiger charge is 2.23. The second-order valence-corrected chi connectivity index (χ2v) is 5.03. The van der Waals surface area contributed by atoms with Gasteiger partial charge in [-0.25, -0.2) is 0 Å². The Balaban J connectivity index is 0.00000121. The summed E-state index contributed by atoms with van der Waals surface area (Å²) in [6.07, 6.45) is 3.19. The summed E-state index contributed by atoms with van der Waals surface area (Å²) >= 11 is 0. The third-order valence-electron chi connectivity index (χ3n) is 3.75. The van der Waals surface area contributed by atoms with Gasteiger partial charge in [0.1, 0.15) is 5.75 Å². The average Bonchev–Trinajstić information content (AvgIpc) is 3.18. The molecule has 0 radical (unpaired) electrons. The summed E-state index contributed by atoms with van der Waals surface area (Å²) in [7, 11) is 0. The molecule has 1 unspecified atom stereocenters. The molecule has 0 spiro atoms. The molecule has 106 valence electrons. The van der Waals surface area contributed by atoms with Gasteiger partial charge in [-0.3, -0.25) is 0 Å². The first-order valence-electron chi connectivity index (χ1n) is 6.73. The van der Waals surface area contributed by atoms with E-state index in [1.54, 1.807) is 0 Å². The van der Waals surface area contributed by atoms with Crippen molar-refractivity contribution >= 4 is 12.4 Å². The molecule has 0 aliphatic carbocycles. The molecule has 2 aliphatic heterocycles. The summed E-state index contributed by atoms with van der Waals surface area (Å²) in [5, 5.41) is 7.45. The molecular formula is C14H16ClN3O2. The first-order chi connectivity index (χ1) is 9.40. The standard InChI is InChI=1S/C14H15N3O2.ClH/c1-2-11(15-6-1)14-16-13(17-19-14)10-3-4-12-9(8-10)5-7-18-12;/h3-4,8,11,15H,1-2,5-7H2;1H. The first-order valence-corrected chi connectivity index (χ1v) is 6.73. The molecule has 0 bridgehead atoms. The number of nitrogens with one attached hydrogen (secondary N) is 1. The van der Waals surface area contributed by atoms with Gasteiger partial charge in [0.05, 0.1) is 12.6 Å². The number of fused-ring (bicyclic) bond motifs is 1. The van der Waals surface area contributed by atoms with Crippen LogP contribution in [0.4, 0.5) is 0 Å². The van der Waals surface area contributed by atoms with E-state index in [0.717, 1.165) is 37.3 Å². The fourth-order valence-corrected chi connectivity index (χ4v) is 2.71. The average molecular weight is 294 g/mol. The molecule has 1 aromatic carbocycles. The second-order valence-electron chi connectivity index (χ2n) is 5.03. The van der Waals surface area contributed by atoms with Crippen LogP contribution < -0.4 is 10.1 Å². The highest BCUT2D eigenvalue weighted by atomic mass is 35.5. The van der Waals surface area contributed by atoms with Crippen LogP contribution in [0.2, 0.25) is 0 Å². The van der Waals surface area contributed by atoms with Crippen LogP contribution in [-0.2, 0) is 6.42 Å². The van der Waals surface area contributed by atoms with Crippen LogP contribution in [0.1, 0.15) is 30.3 Å². The van der Waals surface area contributed by atoms with Crippen molar-refractivity contribution in [1.82, 2.24) is 15.5 Å². The molecule has 2 aliphatic rings. The van der Waals surface area contributed by atoms with Crippen molar-refractivity contribution in [2.24, 2.45) is 0 Å². The number of ether oxygens (including phenoxy) is 1. The van der Waals surface area contributed by atoms with E-state index in [9.17, 15) is 0 Å². The van der Waals surface area contributed by atoms with Crippen LogP contribution in [0.15, 0.2) is 22.7 Å². The summed E-state index contributed by atoms with van der Waals surface area (Å²) in [6, 6.07) is 6.29. The van der Waals surface area contributed by atoms with Crippen LogP contribution in [0.3, 0.4) is 0 Å². The van der Waals surface area contributed by atoms with Gasteiger partial charge >= 0.3 is 0 Å². The Morgan fingerprint density at radius 1 is 1.30 bits per heavy atom. The number of aromatic nitrogens is 2. The van der Waals surface area contributed by atoms with Crippen molar-refractivity contribution in [2.75, 3.05) is 13.2 Å². The van der Waals surface area contributed by atoms with Crippen molar-refractivity contribution in [1.29, 1.82) is 0 Å². The molecule has 3 heterocycles. The Morgan fingerprint density at radius 2 is 2.25 bits per heavy atom. The van der Waals surface area contributed by atoms with Gasteiger partial charge in [-0.1, -0.05) is 5.16 Å². The highest BCUT2D eigenvalue weighted by molar-refractivity contribution is 5.85. The summed E-state index contributed by atoms with van der Waals surface area (Å²) in [5.41, 5.74) is 2.22. The van der Waals surface area contributed by atoms with E-state index in [-0.39, 0.29) is 18.4 Å². The molecule has 6 heteroatoms. The number of rotatable bonds is 2. The van der Waals surface area contributed by atoms with Crippen molar-refractivity contribution in [3.63, 3.8) is 0 Å². The van der Waals surface area contributed by atoms with Crippen LogP contribution >= 0.6 is 12.4 Å². The highest BCUT2D eigenvalue weighted by Crippen LogP contribution is 2.30. The minimum absolute atomic E-state index is 0. The van der Waals surface area contributed by atoms with Crippen LogP contribution in [0.25, 0.3) is 11.4 Å². The monoisotopic (exact) mass is 293 g/mol. The third kappa shape index (κ3) is 2.27. The largest absolute Gasteiger partial charge is 0.493 e. The van der Waals surface area contributed by atoms with Crippen molar-refractivity contribution < 1.29 is 9.26 Å². The molecule has 4 rings (SSSR count). The minimum Gasteiger partial charge on any atom is -0.493 e. The first kappa shape index (κ1) is 13.4. The van der Waals surface area contributed by atoms with E-state index < -0.39 is 0 Å². The Bertz CT molecular complexity index is 608. The maximum Gasteiger partial charge on any atom is 0.244 e. The Hall–Kier alpha value is -1.59. The van der Waals surface area contributed by atoms with E-state index in [4.69, 9.17) is 9.26 Å². The van der Waals surface area contributed by atoms with Crippen molar-refractivity contribution in [3.8, 4) is 17.1 Å². The van der Waals surface area contributed by atoms with Gasteiger partial charge in [0.2, 0.25) is 11.7 Å². The zero-order valence-corrected chi connectivity index (χ0v) is 11.8. The number of hydrogen-bond donors (Lipinski definition) is 1. The number of halogens is 1.